The van der Waals surface area contributed by atoms with Crippen LogP contribution in [0.1, 0.15) is 36.0 Å². The SMILES string of the molecule is O=C(NCC1CCCN(C(=O)c2ccc(F)c(F)c2F)C1)C1CCCN1. The zero-order valence-electron chi connectivity index (χ0n) is 14.4. The van der Waals surface area contributed by atoms with Crippen LogP contribution in [0.4, 0.5) is 13.2 Å². The fourth-order valence-corrected chi connectivity index (χ4v) is 3.55. The zero-order chi connectivity index (χ0) is 18.7. The quantitative estimate of drug-likeness (QED) is 0.796. The van der Waals surface area contributed by atoms with Gasteiger partial charge in [0, 0.05) is 19.6 Å². The first-order valence-corrected chi connectivity index (χ1v) is 8.91. The molecule has 0 aromatic heterocycles. The van der Waals surface area contributed by atoms with E-state index in [0.29, 0.717) is 26.1 Å². The summed E-state index contributed by atoms with van der Waals surface area (Å²) in [7, 11) is 0. The molecule has 2 aliphatic rings. The summed E-state index contributed by atoms with van der Waals surface area (Å²) in [6.07, 6.45) is 3.34. The van der Waals surface area contributed by atoms with Gasteiger partial charge in [0.25, 0.3) is 5.91 Å². The Balaban J connectivity index is 1.58. The molecule has 2 heterocycles. The van der Waals surface area contributed by atoms with Crippen LogP contribution in [0.3, 0.4) is 0 Å². The van der Waals surface area contributed by atoms with Gasteiger partial charge in [-0.05, 0) is 50.3 Å². The van der Waals surface area contributed by atoms with Gasteiger partial charge in [0.2, 0.25) is 5.91 Å². The molecule has 0 spiro atoms. The molecule has 2 unspecified atom stereocenters. The fourth-order valence-electron chi connectivity index (χ4n) is 3.55. The molecule has 0 radical (unpaired) electrons. The number of piperidine rings is 1. The summed E-state index contributed by atoms with van der Waals surface area (Å²) < 4.78 is 40.3. The highest BCUT2D eigenvalue weighted by atomic mass is 19.2. The second-order valence-corrected chi connectivity index (χ2v) is 6.88. The molecule has 2 atom stereocenters. The number of rotatable bonds is 4. The molecule has 26 heavy (non-hydrogen) atoms. The Bertz CT molecular complexity index is 693. The van der Waals surface area contributed by atoms with Gasteiger partial charge in [0.05, 0.1) is 11.6 Å². The summed E-state index contributed by atoms with van der Waals surface area (Å²) >= 11 is 0. The van der Waals surface area contributed by atoms with Gasteiger partial charge in [-0.15, -0.1) is 0 Å². The molecule has 2 saturated heterocycles. The average molecular weight is 369 g/mol. The summed E-state index contributed by atoms with van der Waals surface area (Å²) in [4.78, 5) is 26.0. The molecule has 142 valence electrons. The first-order chi connectivity index (χ1) is 12.5. The van der Waals surface area contributed by atoms with E-state index in [0.717, 1.165) is 37.9 Å². The molecule has 5 nitrogen and oxygen atoms in total. The van der Waals surface area contributed by atoms with Gasteiger partial charge in [-0.2, -0.15) is 0 Å². The van der Waals surface area contributed by atoms with Crippen molar-refractivity contribution in [1.29, 1.82) is 0 Å². The third kappa shape index (κ3) is 4.00. The summed E-state index contributed by atoms with van der Waals surface area (Å²) in [6, 6.07) is 1.56. The molecular weight excluding hydrogens is 347 g/mol. The Morgan fingerprint density at radius 2 is 1.96 bits per heavy atom. The Labute approximate surface area is 149 Å². The van der Waals surface area contributed by atoms with Crippen LogP contribution < -0.4 is 10.6 Å². The smallest absolute Gasteiger partial charge is 0.256 e. The minimum absolute atomic E-state index is 0.0439. The second-order valence-electron chi connectivity index (χ2n) is 6.88. The van der Waals surface area contributed by atoms with Crippen molar-refractivity contribution >= 4 is 11.8 Å². The van der Waals surface area contributed by atoms with Gasteiger partial charge in [-0.3, -0.25) is 9.59 Å². The lowest BCUT2D eigenvalue weighted by Gasteiger charge is -2.33. The maximum absolute atomic E-state index is 13.9. The van der Waals surface area contributed by atoms with E-state index in [2.05, 4.69) is 10.6 Å². The fraction of sp³-hybridized carbons (Fsp3) is 0.556. The minimum Gasteiger partial charge on any atom is -0.354 e. The predicted molar refractivity (Wildman–Crippen MR) is 89.0 cm³/mol. The largest absolute Gasteiger partial charge is 0.354 e. The Morgan fingerprint density at radius 1 is 1.15 bits per heavy atom. The van der Waals surface area contributed by atoms with Crippen molar-refractivity contribution in [2.75, 3.05) is 26.2 Å². The molecular formula is C18H22F3N3O2. The molecule has 8 heteroatoms. The maximum Gasteiger partial charge on any atom is 0.256 e. The number of hydrogen-bond acceptors (Lipinski definition) is 3. The standard InChI is InChI=1S/C18H22F3N3O2/c19-13-6-5-12(15(20)16(13)21)18(26)24-8-2-3-11(10-24)9-23-17(25)14-4-1-7-22-14/h5-6,11,14,22H,1-4,7-10H2,(H,23,25). The maximum atomic E-state index is 13.9. The summed E-state index contributed by atoms with van der Waals surface area (Å²) in [5.41, 5.74) is -0.469. The highest BCUT2D eigenvalue weighted by Gasteiger charge is 2.29. The van der Waals surface area contributed by atoms with Crippen molar-refractivity contribution in [3.63, 3.8) is 0 Å². The van der Waals surface area contributed by atoms with Crippen LogP contribution >= 0.6 is 0 Å². The Kier molecular flexibility index (Phi) is 5.80. The average Bonchev–Trinajstić information content (AvgIpc) is 3.19. The minimum atomic E-state index is -1.64. The van der Waals surface area contributed by atoms with Crippen molar-refractivity contribution in [3.05, 3.63) is 35.1 Å². The first-order valence-electron chi connectivity index (χ1n) is 8.91. The number of carbonyl (C=O) groups excluding carboxylic acids is 2. The Hall–Kier alpha value is -2.09. The number of amides is 2. The molecule has 0 aliphatic carbocycles. The Morgan fingerprint density at radius 3 is 2.69 bits per heavy atom. The number of carbonyl (C=O) groups is 2. The van der Waals surface area contributed by atoms with E-state index in [4.69, 9.17) is 0 Å². The highest BCUT2D eigenvalue weighted by molar-refractivity contribution is 5.94. The van der Waals surface area contributed by atoms with Crippen molar-refractivity contribution < 1.29 is 22.8 Å². The van der Waals surface area contributed by atoms with Gasteiger partial charge < -0.3 is 15.5 Å². The zero-order valence-corrected chi connectivity index (χ0v) is 14.4. The normalized spacial score (nSPS) is 23.1. The van der Waals surface area contributed by atoms with E-state index in [1.165, 1.54) is 4.90 Å². The third-order valence-corrected chi connectivity index (χ3v) is 5.01. The van der Waals surface area contributed by atoms with Gasteiger partial charge in [-0.25, -0.2) is 13.2 Å². The number of benzene rings is 1. The van der Waals surface area contributed by atoms with Crippen LogP contribution in [0.5, 0.6) is 0 Å². The van der Waals surface area contributed by atoms with E-state index in [-0.39, 0.29) is 17.9 Å². The molecule has 1 aromatic rings. The lowest BCUT2D eigenvalue weighted by Crippen LogP contribution is -2.46. The topological polar surface area (TPSA) is 61.4 Å². The molecule has 0 saturated carbocycles. The number of halogens is 3. The van der Waals surface area contributed by atoms with Crippen LogP contribution in [0.25, 0.3) is 0 Å². The molecule has 2 aliphatic heterocycles. The van der Waals surface area contributed by atoms with Gasteiger partial charge in [0.15, 0.2) is 17.5 Å². The van der Waals surface area contributed by atoms with E-state index < -0.39 is 28.9 Å². The molecule has 1 aromatic carbocycles. The molecule has 0 bridgehead atoms. The van der Waals surface area contributed by atoms with Crippen LogP contribution in [-0.2, 0) is 4.79 Å². The van der Waals surface area contributed by atoms with Gasteiger partial charge in [-0.1, -0.05) is 0 Å². The molecule has 3 rings (SSSR count). The monoisotopic (exact) mass is 369 g/mol. The highest BCUT2D eigenvalue weighted by Crippen LogP contribution is 2.21. The molecule has 2 fully saturated rings. The van der Waals surface area contributed by atoms with Crippen LogP contribution in [0.2, 0.25) is 0 Å². The van der Waals surface area contributed by atoms with Crippen molar-refractivity contribution in [2.45, 2.75) is 31.7 Å². The van der Waals surface area contributed by atoms with Crippen LogP contribution in [0, 0.1) is 23.4 Å². The molecule has 2 N–H and O–H groups in total. The molecule has 2 amide bonds. The lowest BCUT2D eigenvalue weighted by molar-refractivity contribution is -0.123. The lowest BCUT2D eigenvalue weighted by atomic mass is 9.97. The summed E-state index contributed by atoms with van der Waals surface area (Å²) in [5, 5.41) is 6.02. The van der Waals surface area contributed by atoms with Gasteiger partial charge >= 0.3 is 0 Å². The van der Waals surface area contributed by atoms with E-state index in [1.807, 2.05) is 0 Å². The number of nitrogens with zero attached hydrogens (tertiary/aromatic N) is 1. The third-order valence-electron chi connectivity index (χ3n) is 5.01. The summed E-state index contributed by atoms with van der Waals surface area (Å²) in [5.74, 6) is -5.07. The predicted octanol–water partition coefficient (Wildman–Crippen LogP) is 1.82. The van der Waals surface area contributed by atoms with E-state index in [9.17, 15) is 22.8 Å². The summed E-state index contributed by atoms with van der Waals surface area (Å²) in [6.45, 7) is 2.03. The van der Waals surface area contributed by atoms with Crippen molar-refractivity contribution in [1.82, 2.24) is 15.5 Å². The van der Waals surface area contributed by atoms with Crippen molar-refractivity contribution in [2.24, 2.45) is 5.92 Å². The second kappa shape index (κ2) is 8.07. The number of likely N-dealkylation sites (tertiary alicyclic amines) is 1. The first kappa shape index (κ1) is 18.7. The number of hydrogen-bond donors (Lipinski definition) is 2. The van der Waals surface area contributed by atoms with E-state index >= 15 is 0 Å². The number of nitrogens with one attached hydrogen (secondary N) is 2. The van der Waals surface area contributed by atoms with Crippen LogP contribution in [-0.4, -0.2) is 48.9 Å². The van der Waals surface area contributed by atoms with Gasteiger partial charge in [0.1, 0.15) is 0 Å². The van der Waals surface area contributed by atoms with E-state index in [1.54, 1.807) is 0 Å². The van der Waals surface area contributed by atoms with Crippen LogP contribution in [0.15, 0.2) is 12.1 Å². The van der Waals surface area contributed by atoms with Crippen molar-refractivity contribution in [3.8, 4) is 0 Å².